The number of hydrogen-bond donors (Lipinski definition) is 1. The molecular formula is C19H25N5OS. The summed E-state index contributed by atoms with van der Waals surface area (Å²) in [6.07, 6.45) is 5.86. The minimum absolute atomic E-state index is 0.0121. The van der Waals surface area contributed by atoms with Gasteiger partial charge in [0.15, 0.2) is 0 Å². The minimum Gasteiger partial charge on any atom is -0.345 e. The SMILES string of the molecule is Cc1ccc(CN2CC[C@]3(CCn4ncnc4[C@@H]3NC(=O)C3CC3)C2)s1. The van der Waals surface area contributed by atoms with Crippen molar-refractivity contribution in [3.63, 3.8) is 0 Å². The Balaban J connectivity index is 1.38. The number of aryl methyl sites for hydroxylation is 2. The number of amides is 1. The van der Waals surface area contributed by atoms with Crippen molar-refractivity contribution in [2.75, 3.05) is 13.1 Å². The Bertz CT molecular complexity index is 826. The van der Waals surface area contributed by atoms with Gasteiger partial charge in [0.25, 0.3) is 0 Å². The van der Waals surface area contributed by atoms with E-state index in [0.717, 1.165) is 57.7 Å². The zero-order valence-corrected chi connectivity index (χ0v) is 16.0. The molecule has 1 saturated carbocycles. The molecule has 6 nitrogen and oxygen atoms in total. The second-order valence-electron chi connectivity index (χ2n) is 8.14. The Labute approximate surface area is 157 Å². The molecule has 2 fully saturated rings. The number of carbonyl (C=O) groups excluding carboxylic acids is 1. The average Bonchev–Trinajstić information content (AvgIpc) is 3.03. The predicted octanol–water partition coefficient (Wildman–Crippen LogP) is 2.51. The standard InChI is InChI=1S/C19H25N5OS/c1-13-2-5-15(26-13)10-23-8-6-19(11-23)7-9-24-17(20-12-21-24)16(19)22-18(25)14-3-4-14/h2,5,12,14,16H,3-4,6-11H2,1H3,(H,22,25)/t16-,19-/m0/s1. The van der Waals surface area contributed by atoms with Crippen molar-refractivity contribution >= 4 is 17.2 Å². The van der Waals surface area contributed by atoms with Crippen LogP contribution in [-0.4, -0.2) is 38.7 Å². The number of likely N-dealkylation sites (tertiary alicyclic amines) is 1. The topological polar surface area (TPSA) is 63.1 Å². The fourth-order valence-electron chi connectivity index (χ4n) is 4.59. The largest absolute Gasteiger partial charge is 0.345 e. The van der Waals surface area contributed by atoms with Crippen LogP contribution >= 0.6 is 11.3 Å². The summed E-state index contributed by atoms with van der Waals surface area (Å²) in [6, 6.07) is 4.43. The summed E-state index contributed by atoms with van der Waals surface area (Å²) >= 11 is 1.89. The number of carbonyl (C=O) groups is 1. The van der Waals surface area contributed by atoms with Gasteiger partial charge in [-0.1, -0.05) is 0 Å². The van der Waals surface area contributed by atoms with Gasteiger partial charge in [0.2, 0.25) is 5.91 Å². The van der Waals surface area contributed by atoms with E-state index in [4.69, 9.17) is 0 Å². The van der Waals surface area contributed by atoms with Crippen LogP contribution in [0.3, 0.4) is 0 Å². The van der Waals surface area contributed by atoms with E-state index in [-0.39, 0.29) is 23.3 Å². The molecule has 2 aliphatic heterocycles. The van der Waals surface area contributed by atoms with E-state index >= 15 is 0 Å². The monoisotopic (exact) mass is 371 g/mol. The van der Waals surface area contributed by atoms with Gasteiger partial charge in [0, 0.05) is 40.7 Å². The number of aromatic nitrogens is 3. The second-order valence-corrected chi connectivity index (χ2v) is 9.52. The Kier molecular flexibility index (Phi) is 3.90. The summed E-state index contributed by atoms with van der Waals surface area (Å²) < 4.78 is 1.98. The first-order valence-electron chi connectivity index (χ1n) is 9.59. The Morgan fingerprint density at radius 2 is 2.19 bits per heavy atom. The Morgan fingerprint density at radius 1 is 1.35 bits per heavy atom. The number of rotatable bonds is 4. The van der Waals surface area contributed by atoms with Crippen molar-refractivity contribution in [3.05, 3.63) is 34.0 Å². The quantitative estimate of drug-likeness (QED) is 0.897. The van der Waals surface area contributed by atoms with E-state index in [1.54, 1.807) is 6.33 Å². The Hall–Kier alpha value is -1.73. The third-order valence-corrected chi connectivity index (χ3v) is 7.20. The minimum atomic E-state index is -0.0121. The molecule has 2 atom stereocenters. The summed E-state index contributed by atoms with van der Waals surface area (Å²) in [5.74, 6) is 1.37. The molecule has 1 spiro atoms. The first-order chi connectivity index (χ1) is 12.6. The van der Waals surface area contributed by atoms with Crippen LogP contribution < -0.4 is 5.32 Å². The van der Waals surface area contributed by atoms with Crippen LogP contribution in [0, 0.1) is 18.3 Å². The highest BCUT2D eigenvalue weighted by molar-refractivity contribution is 7.11. The highest BCUT2D eigenvalue weighted by Crippen LogP contribution is 2.48. The smallest absolute Gasteiger partial charge is 0.223 e. The number of fused-ring (bicyclic) bond motifs is 1. The summed E-state index contributed by atoms with van der Waals surface area (Å²) in [6.45, 7) is 6.18. The fourth-order valence-corrected chi connectivity index (χ4v) is 5.52. The van der Waals surface area contributed by atoms with Crippen LogP contribution in [0.5, 0.6) is 0 Å². The van der Waals surface area contributed by atoms with Crippen molar-refractivity contribution in [1.29, 1.82) is 0 Å². The van der Waals surface area contributed by atoms with Crippen molar-refractivity contribution in [3.8, 4) is 0 Å². The van der Waals surface area contributed by atoms with Crippen molar-refractivity contribution < 1.29 is 4.79 Å². The normalized spacial score (nSPS) is 28.4. The lowest BCUT2D eigenvalue weighted by molar-refractivity contribution is -0.124. The number of nitrogens with zero attached hydrogens (tertiary/aromatic N) is 4. The predicted molar refractivity (Wildman–Crippen MR) is 99.6 cm³/mol. The fraction of sp³-hybridized carbons (Fsp3) is 0.632. The lowest BCUT2D eigenvalue weighted by atomic mass is 9.74. The number of nitrogens with one attached hydrogen (secondary N) is 1. The Morgan fingerprint density at radius 3 is 2.96 bits per heavy atom. The first-order valence-corrected chi connectivity index (χ1v) is 10.4. The van der Waals surface area contributed by atoms with Gasteiger partial charge in [-0.3, -0.25) is 9.69 Å². The zero-order chi connectivity index (χ0) is 17.7. The maximum atomic E-state index is 12.5. The number of hydrogen-bond acceptors (Lipinski definition) is 5. The summed E-state index contributed by atoms with van der Waals surface area (Å²) in [4.78, 5) is 22.4. The third kappa shape index (κ3) is 2.87. The van der Waals surface area contributed by atoms with Gasteiger partial charge >= 0.3 is 0 Å². The van der Waals surface area contributed by atoms with Gasteiger partial charge < -0.3 is 5.32 Å². The van der Waals surface area contributed by atoms with Crippen LogP contribution in [0.4, 0.5) is 0 Å². The zero-order valence-electron chi connectivity index (χ0n) is 15.1. The van der Waals surface area contributed by atoms with Gasteiger partial charge in [-0.05, 0) is 51.3 Å². The number of thiophene rings is 1. The molecule has 0 aromatic carbocycles. The molecule has 2 aromatic rings. The van der Waals surface area contributed by atoms with Crippen LogP contribution in [0.2, 0.25) is 0 Å². The molecule has 1 aliphatic carbocycles. The third-order valence-electron chi connectivity index (χ3n) is 6.21. The highest BCUT2D eigenvalue weighted by Gasteiger charge is 2.50. The molecule has 1 saturated heterocycles. The summed E-state index contributed by atoms with van der Waals surface area (Å²) in [7, 11) is 0. The molecule has 5 rings (SSSR count). The van der Waals surface area contributed by atoms with Gasteiger partial charge in [-0.25, -0.2) is 9.67 Å². The van der Waals surface area contributed by atoms with Gasteiger partial charge in [-0.2, -0.15) is 5.10 Å². The maximum absolute atomic E-state index is 12.5. The molecule has 3 aliphatic rings. The molecule has 1 N–H and O–H groups in total. The molecule has 4 heterocycles. The molecule has 26 heavy (non-hydrogen) atoms. The van der Waals surface area contributed by atoms with Crippen molar-refractivity contribution in [2.45, 2.75) is 51.7 Å². The molecular weight excluding hydrogens is 346 g/mol. The molecule has 0 unspecified atom stereocenters. The molecule has 7 heteroatoms. The summed E-state index contributed by atoms with van der Waals surface area (Å²) in [5.41, 5.74) is 0.0832. The lowest BCUT2D eigenvalue weighted by Gasteiger charge is -2.41. The molecule has 0 radical (unpaired) electrons. The van der Waals surface area contributed by atoms with Gasteiger partial charge in [-0.15, -0.1) is 11.3 Å². The van der Waals surface area contributed by atoms with Crippen molar-refractivity contribution in [2.24, 2.45) is 11.3 Å². The summed E-state index contributed by atoms with van der Waals surface area (Å²) in [5, 5.41) is 7.72. The molecule has 138 valence electrons. The van der Waals surface area contributed by atoms with E-state index in [1.807, 2.05) is 16.0 Å². The van der Waals surface area contributed by atoms with E-state index in [2.05, 4.69) is 39.4 Å². The van der Waals surface area contributed by atoms with Crippen LogP contribution in [0.25, 0.3) is 0 Å². The lowest BCUT2D eigenvalue weighted by Crippen LogP contribution is -2.47. The van der Waals surface area contributed by atoms with Gasteiger partial charge in [0.05, 0.1) is 6.04 Å². The molecule has 1 amide bonds. The van der Waals surface area contributed by atoms with E-state index in [1.165, 1.54) is 9.75 Å². The maximum Gasteiger partial charge on any atom is 0.223 e. The average molecular weight is 372 g/mol. The highest BCUT2D eigenvalue weighted by atomic mass is 32.1. The van der Waals surface area contributed by atoms with Crippen LogP contribution in [0.15, 0.2) is 18.5 Å². The molecule has 2 aromatic heterocycles. The van der Waals surface area contributed by atoms with Gasteiger partial charge in [0.1, 0.15) is 12.2 Å². The molecule has 0 bridgehead atoms. The van der Waals surface area contributed by atoms with E-state index in [0.29, 0.717) is 0 Å². The van der Waals surface area contributed by atoms with Crippen molar-refractivity contribution in [1.82, 2.24) is 25.0 Å². The second kappa shape index (κ2) is 6.16. The van der Waals surface area contributed by atoms with E-state index in [9.17, 15) is 4.79 Å². The van der Waals surface area contributed by atoms with E-state index < -0.39 is 0 Å². The van der Waals surface area contributed by atoms with Crippen LogP contribution in [-0.2, 0) is 17.9 Å². The first kappa shape index (κ1) is 16.4. The van der Waals surface area contributed by atoms with Crippen LogP contribution in [0.1, 0.15) is 47.3 Å².